The highest BCUT2D eigenvalue weighted by molar-refractivity contribution is 5.79. The van der Waals surface area contributed by atoms with E-state index in [4.69, 9.17) is 0 Å². The summed E-state index contributed by atoms with van der Waals surface area (Å²) in [5.74, 6) is 0.623. The van der Waals surface area contributed by atoms with Gasteiger partial charge in [0.25, 0.3) is 0 Å². The summed E-state index contributed by atoms with van der Waals surface area (Å²) in [5.41, 5.74) is 0. The lowest BCUT2D eigenvalue weighted by atomic mass is 9.97. The molecule has 0 spiro atoms. The first-order chi connectivity index (χ1) is 9.18. The van der Waals surface area contributed by atoms with E-state index in [1.165, 1.54) is 25.7 Å². The van der Waals surface area contributed by atoms with E-state index in [0.29, 0.717) is 11.9 Å². The Balaban J connectivity index is 1.95. The molecule has 4 heteroatoms. The van der Waals surface area contributed by atoms with Gasteiger partial charge in [0.2, 0.25) is 5.91 Å². The Hall–Kier alpha value is -0.610. The first-order valence-electron chi connectivity index (χ1n) is 7.84. The fraction of sp³-hybridized carbons (Fsp3) is 0.933. The molecule has 0 aromatic rings. The maximum Gasteiger partial charge on any atom is 0.227 e. The van der Waals surface area contributed by atoms with E-state index in [0.717, 1.165) is 39.0 Å². The molecule has 1 aliphatic heterocycles. The summed E-state index contributed by atoms with van der Waals surface area (Å²) >= 11 is 0. The Bertz CT molecular complexity index is 281. The van der Waals surface area contributed by atoms with Gasteiger partial charge in [-0.15, -0.1) is 0 Å². The van der Waals surface area contributed by atoms with Gasteiger partial charge in [-0.1, -0.05) is 12.8 Å². The van der Waals surface area contributed by atoms with Crippen molar-refractivity contribution in [3.05, 3.63) is 0 Å². The third-order valence-corrected chi connectivity index (χ3v) is 4.48. The number of carbonyl (C=O) groups excluding carboxylic acids is 1. The van der Waals surface area contributed by atoms with E-state index in [1.54, 1.807) is 0 Å². The molecule has 0 bridgehead atoms. The summed E-state index contributed by atoms with van der Waals surface area (Å²) in [4.78, 5) is 17.1. The Morgan fingerprint density at radius 1 is 1.11 bits per heavy atom. The number of likely N-dealkylation sites (N-methyl/N-ethyl adjacent to an activating group) is 1. The van der Waals surface area contributed by atoms with Crippen LogP contribution in [-0.4, -0.2) is 62.0 Å². The number of hydrogen-bond donors (Lipinski definition) is 1. The fourth-order valence-electron chi connectivity index (χ4n) is 3.29. The zero-order valence-corrected chi connectivity index (χ0v) is 12.5. The van der Waals surface area contributed by atoms with E-state index in [9.17, 15) is 4.79 Å². The molecule has 0 aromatic heterocycles. The van der Waals surface area contributed by atoms with Crippen LogP contribution >= 0.6 is 0 Å². The number of nitrogens with one attached hydrogen (secondary N) is 1. The van der Waals surface area contributed by atoms with E-state index in [1.807, 2.05) is 0 Å². The highest BCUT2D eigenvalue weighted by Gasteiger charge is 2.31. The maximum atomic E-state index is 12.8. The molecule has 2 rings (SSSR count). The van der Waals surface area contributed by atoms with Gasteiger partial charge in [0.1, 0.15) is 0 Å². The molecule has 0 aromatic carbocycles. The van der Waals surface area contributed by atoms with Gasteiger partial charge < -0.3 is 15.1 Å². The van der Waals surface area contributed by atoms with Crippen molar-refractivity contribution in [3.8, 4) is 0 Å². The molecule has 1 aliphatic carbocycles. The van der Waals surface area contributed by atoms with E-state index >= 15 is 0 Å². The molecule has 1 N–H and O–H groups in total. The van der Waals surface area contributed by atoms with Crippen LogP contribution < -0.4 is 5.32 Å². The fourth-order valence-corrected chi connectivity index (χ4v) is 3.29. The van der Waals surface area contributed by atoms with Gasteiger partial charge in [-0.25, -0.2) is 0 Å². The van der Waals surface area contributed by atoms with Crippen LogP contribution in [0.1, 0.15) is 38.5 Å². The Kier molecular flexibility index (Phi) is 5.64. The molecule has 1 heterocycles. The number of nitrogens with zero attached hydrogens (tertiary/aromatic N) is 2. The summed E-state index contributed by atoms with van der Waals surface area (Å²) in [6.45, 7) is 3.82. The first-order valence-corrected chi connectivity index (χ1v) is 7.84. The van der Waals surface area contributed by atoms with Crippen molar-refractivity contribution in [2.24, 2.45) is 5.92 Å². The molecular weight excluding hydrogens is 238 g/mol. The number of piperidine rings is 1. The third kappa shape index (κ3) is 4.18. The summed E-state index contributed by atoms with van der Waals surface area (Å²) < 4.78 is 0. The third-order valence-electron chi connectivity index (χ3n) is 4.48. The Labute approximate surface area is 117 Å². The Morgan fingerprint density at radius 3 is 2.42 bits per heavy atom. The van der Waals surface area contributed by atoms with Gasteiger partial charge in [0.05, 0.1) is 5.92 Å². The molecule has 1 unspecified atom stereocenters. The van der Waals surface area contributed by atoms with Crippen LogP contribution in [0.4, 0.5) is 0 Å². The molecule has 19 heavy (non-hydrogen) atoms. The maximum absolute atomic E-state index is 12.8. The zero-order chi connectivity index (χ0) is 13.7. The number of amides is 1. The lowest BCUT2D eigenvalue weighted by Gasteiger charge is -2.34. The summed E-state index contributed by atoms with van der Waals surface area (Å²) in [7, 11) is 4.17. The van der Waals surface area contributed by atoms with Gasteiger partial charge in [0.15, 0.2) is 0 Å². The second-order valence-electron chi connectivity index (χ2n) is 6.32. The molecule has 1 saturated heterocycles. The molecule has 4 nitrogen and oxygen atoms in total. The van der Waals surface area contributed by atoms with Crippen molar-refractivity contribution >= 4 is 5.91 Å². The van der Waals surface area contributed by atoms with Crippen molar-refractivity contribution in [1.29, 1.82) is 0 Å². The highest BCUT2D eigenvalue weighted by Crippen LogP contribution is 2.26. The second kappa shape index (κ2) is 7.25. The summed E-state index contributed by atoms with van der Waals surface area (Å²) in [6, 6.07) is 0.509. The minimum absolute atomic E-state index is 0.219. The van der Waals surface area contributed by atoms with Crippen molar-refractivity contribution in [1.82, 2.24) is 15.1 Å². The molecule has 2 fully saturated rings. The average molecular weight is 267 g/mol. The molecule has 0 radical (unpaired) electrons. The predicted octanol–water partition coefficient (Wildman–Crippen LogP) is 1.32. The molecular formula is C15H29N3O. The van der Waals surface area contributed by atoms with Crippen LogP contribution in [0.15, 0.2) is 0 Å². The van der Waals surface area contributed by atoms with Crippen molar-refractivity contribution in [3.63, 3.8) is 0 Å². The lowest BCUT2D eigenvalue weighted by molar-refractivity contribution is -0.138. The topological polar surface area (TPSA) is 35.6 Å². The number of carbonyl (C=O) groups is 1. The zero-order valence-electron chi connectivity index (χ0n) is 12.5. The van der Waals surface area contributed by atoms with Crippen LogP contribution in [0.25, 0.3) is 0 Å². The average Bonchev–Trinajstić information content (AvgIpc) is 2.93. The SMILES string of the molecule is CN(C)CCN(C(=O)C1CCCNC1)C1CCCC1. The van der Waals surface area contributed by atoms with Crippen LogP contribution in [0.5, 0.6) is 0 Å². The lowest BCUT2D eigenvalue weighted by Crippen LogP contribution is -2.48. The van der Waals surface area contributed by atoms with Gasteiger partial charge >= 0.3 is 0 Å². The highest BCUT2D eigenvalue weighted by atomic mass is 16.2. The van der Waals surface area contributed by atoms with Crippen molar-refractivity contribution < 1.29 is 4.79 Å². The normalized spacial score (nSPS) is 24.9. The molecule has 110 valence electrons. The van der Waals surface area contributed by atoms with Gasteiger partial charge in [0, 0.05) is 25.7 Å². The smallest absolute Gasteiger partial charge is 0.227 e. The molecule has 2 aliphatic rings. The van der Waals surface area contributed by atoms with Crippen LogP contribution in [0.2, 0.25) is 0 Å². The second-order valence-corrected chi connectivity index (χ2v) is 6.32. The largest absolute Gasteiger partial charge is 0.338 e. The van der Waals surface area contributed by atoms with Crippen LogP contribution in [0.3, 0.4) is 0 Å². The van der Waals surface area contributed by atoms with Crippen LogP contribution in [0, 0.1) is 5.92 Å². The predicted molar refractivity (Wildman–Crippen MR) is 78.1 cm³/mol. The number of rotatable bonds is 5. The van der Waals surface area contributed by atoms with Crippen LogP contribution in [-0.2, 0) is 4.79 Å². The van der Waals surface area contributed by atoms with Crippen molar-refractivity contribution in [2.45, 2.75) is 44.6 Å². The van der Waals surface area contributed by atoms with Crippen molar-refractivity contribution in [2.75, 3.05) is 40.3 Å². The van der Waals surface area contributed by atoms with E-state index < -0.39 is 0 Å². The molecule has 1 amide bonds. The Morgan fingerprint density at radius 2 is 1.84 bits per heavy atom. The van der Waals surface area contributed by atoms with Gasteiger partial charge in [-0.05, 0) is 46.3 Å². The first kappa shape index (κ1) is 14.8. The monoisotopic (exact) mass is 267 g/mol. The molecule has 1 atom stereocenters. The minimum Gasteiger partial charge on any atom is -0.338 e. The summed E-state index contributed by atoms with van der Waals surface area (Å²) in [6.07, 6.45) is 7.21. The number of hydrogen-bond acceptors (Lipinski definition) is 3. The van der Waals surface area contributed by atoms with Gasteiger partial charge in [-0.2, -0.15) is 0 Å². The van der Waals surface area contributed by atoms with E-state index in [-0.39, 0.29) is 5.92 Å². The van der Waals surface area contributed by atoms with E-state index in [2.05, 4.69) is 29.2 Å². The minimum atomic E-state index is 0.219. The van der Waals surface area contributed by atoms with Gasteiger partial charge in [-0.3, -0.25) is 4.79 Å². The standard InChI is InChI=1S/C15H29N3O/c1-17(2)10-11-18(14-7-3-4-8-14)15(19)13-6-5-9-16-12-13/h13-14,16H,3-12H2,1-2H3. The quantitative estimate of drug-likeness (QED) is 0.816. The summed E-state index contributed by atoms with van der Waals surface area (Å²) in [5, 5.41) is 3.37. The molecule has 1 saturated carbocycles.